The molecule has 3 aliphatic rings. The second-order valence-electron chi connectivity index (χ2n) is 12.5. The van der Waals surface area contributed by atoms with Crippen LogP contribution in [0.4, 0.5) is 0 Å². The van der Waals surface area contributed by atoms with Crippen LogP contribution in [0.15, 0.2) is 24.3 Å². The minimum absolute atomic E-state index is 0.0472. The Morgan fingerprint density at radius 3 is 0.962 bits per heavy atom. The van der Waals surface area contributed by atoms with Crippen LogP contribution >= 0.6 is 31.9 Å². The SMILES string of the molecule is BrCc1cc2c(cc1CO[C@H]1CCCC[C@@H]1OCc1cc3c(cc1CBr)OCCOCCOCCOCCO3)OCCOCCOCCOCCO2. The number of hydrogen-bond acceptors (Lipinski definition) is 12. The zero-order valence-corrected chi connectivity index (χ0v) is 33.3. The van der Waals surface area contributed by atoms with E-state index < -0.39 is 0 Å². The molecule has 2 aromatic rings. The summed E-state index contributed by atoms with van der Waals surface area (Å²) in [4.78, 5) is 0. The summed E-state index contributed by atoms with van der Waals surface area (Å²) in [5.41, 5.74) is 4.23. The highest BCUT2D eigenvalue weighted by molar-refractivity contribution is 9.08. The summed E-state index contributed by atoms with van der Waals surface area (Å²) >= 11 is 7.35. The van der Waals surface area contributed by atoms with E-state index in [1.807, 2.05) is 24.3 Å². The zero-order chi connectivity index (χ0) is 36.1. The molecule has 1 fully saturated rings. The number of rotatable bonds is 8. The lowest BCUT2D eigenvalue weighted by atomic mass is 9.94. The summed E-state index contributed by atoms with van der Waals surface area (Å²) < 4.78 is 71.5. The largest absolute Gasteiger partial charge is 0.487 e. The van der Waals surface area contributed by atoms with Gasteiger partial charge in [0.1, 0.15) is 26.4 Å². The quantitative estimate of drug-likeness (QED) is 0.284. The van der Waals surface area contributed by atoms with E-state index in [2.05, 4.69) is 31.9 Å². The van der Waals surface area contributed by atoms with Crippen molar-refractivity contribution in [3.05, 3.63) is 46.5 Å². The number of hydrogen-bond donors (Lipinski definition) is 0. The van der Waals surface area contributed by atoms with Crippen molar-refractivity contribution in [1.29, 1.82) is 0 Å². The lowest BCUT2D eigenvalue weighted by molar-refractivity contribution is -0.104. The van der Waals surface area contributed by atoms with E-state index in [4.69, 9.17) is 56.8 Å². The normalized spacial score (nSPS) is 22.3. The monoisotopic (exact) mass is 860 g/mol. The van der Waals surface area contributed by atoms with Crippen LogP contribution in [-0.4, -0.2) is 118 Å². The molecule has 2 atom stereocenters. The van der Waals surface area contributed by atoms with Crippen LogP contribution in [0, 0.1) is 0 Å². The van der Waals surface area contributed by atoms with Gasteiger partial charge in [0.05, 0.1) is 105 Å². The van der Waals surface area contributed by atoms with Crippen LogP contribution < -0.4 is 18.9 Å². The summed E-state index contributed by atoms with van der Waals surface area (Å²) in [7, 11) is 0. The predicted molar refractivity (Wildman–Crippen MR) is 201 cm³/mol. The molecule has 0 unspecified atom stereocenters. The molecule has 2 aliphatic heterocycles. The average Bonchev–Trinajstić information content (AvgIpc) is 3.18. The molecule has 5 rings (SSSR count). The van der Waals surface area contributed by atoms with Crippen LogP contribution in [-0.2, 0) is 61.8 Å². The molecule has 1 saturated carbocycles. The van der Waals surface area contributed by atoms with Crippen molar-refractivity contribution in [3.8, 4) is 23.0 Å². The van der Waals surface area contributed by atoms with E-state index >= 15 is 0 Å². The zero-order valence-electron chi connectivity index (χ0n) is 30.1. The molecule has 0 saturated heterocycles. The van der Waals surface area contributed by atoms with E-state index in [-0.39, 0.29) is 12.2 Å². The highest BCUT2D eigenvalue weighted by Gasteiger charge is 2.28. The average molecular weight is 863 g/mol. The van der Waals surface area contributed by atoms with Gasteiger partial charge in [-0.2, -0.15) is 0 Å². The Morgan fingerprint density at radius 2 is 0.673 bits per heavy atom. The van der Waals surface area contributed by atoms with Gasteiger partial charge in [-0.1, -0.05) is 44.7 Å². The molecule has 292 valence electrons. The Hall–Kier alpha value is -1.72. The van der Waals surface area contributed by atoms with Gasteiger partial charge < -0.3 is 56.8 Å². The van der Waals surface area contributed by atoms with Crippen LogP contribution in [0.2, 0.25) is 0 Å². The van der Waals surface area contributed by atoms with Crippen molar-refractivity contribution in [1.82, 2.24) is 0 Å². The third-order valence-electron chi connectivity index (χ3n) is 8.80. The maximum atomic E-state index is 6.65. The Kier molecular flexibility index (Phi) is 19.6. The van der Waals surface area contributed by atoms with Crippen molar-refractivity contribution in [2.45, 2.75) is 61.8 Å². The van der Waals surface area contributed by atoms with Gasteiger partial charge in [-0.3, -0.25) is 0 Å². The van der Waals surface area contributed by atoms with E-state index in [0.717, 1.165) is 47.9 Å². The molecule has 0 aromatic heterocycles. The fraction of sp³-hybridized carbons (Fsp3) is 0.684. The fourth-order valence-corrected chi connectivity index (χ4v) is 7.06. The van der Waals surface area contributed by atoms with Gasteiger partial charge in [-0.05, 0) is 59.4 Å². The molecule has 1 aliphatic carbocycles. The van der Waals surface area contributed by atoms with E-state index in [1.165, 1.54) is 0 Å². The minimum atomic E-state index is -0.0472. The Labute approximate surface area is 324 Å². The van der Waals surface area contributed by atoms with Crippen molar-refractivity contribution in [2.24, 2.45) is 0 Å². The van der Waals surface area contributed by atoms with E-state index in [1.54, 1.807) is 0 Å². The maximum Gasteiger partial charge on any atom is 0.161 e. The van der Waals surface area contributed by atoms with Crippen LogP contribution in [0.3, 0.4) is 0 Å². The number of alkyl halides is 2. The molecule has 2 aromatic carbocycles. The van der Waals surface area contributed by atoms with Crippen LogP contribution in [0.5, 0.6) is 23.0 Å². The Balaban J connectivity index is 1.23. The third kappa shape index (κ3) is 14.2. The first-order valence-electron chi connectivity index (χ1n) is 18.4. The molecule has 0 radical (unpaired) electrons. The maximum absolute atomic E-state index is 6.65. The highest BCUT2D eigenvalue weighted by Crippen LogP contribution is 2.36. The molecular formula is C38H54Br2O12. The smallest absolute Gasteiger partial charge is 0.161 e. The Morgan fingerprint density at radius 1 is 0.404 bits per heavy atom. The highest BCUT2D eigenvalue weighted by atomic mass is 79.9. The fourth-order valence-electron chi connectivity index (χ4n) is 6.02. The van der Waals surface area contributed by atoms with Crippen LogP contribution in [0.1, 0.15) is 47.9 Å². The standard InChI is InChI=1S/C38H54Br2O12/c39-25-29-21-35-37(49-19-15-45-11-7-41-5-9-43-13-17-47-35)23-31(29)27-51-33-3-1-2-4-34(33)52-28-32-24-38-36(22-30(32)26-40)48-18-14-44-10-6-42-8-12-46-16-20-50-38/h21-24,33-34H,1-20,25-28H2/t33-,34-/m0/s1. The first-order chi connectivity index (χ1) is 25.7. The van der Waals surface area contributed by atoms with Crippen molar-refractivity contribution in [2.75, 3.05) is 106 Å². The molecule has 0 N–H and O–H groups in total. The molecular weight excluding hydrogens is 808 g/mol. The summed E-state index contributed by atoms with van der Waals surface area (Å²) in [5.74, 6) is 2.67. The van der Waals surface area contributed by atoms with Crippen molar-refractivity contribution in [3.63, 3.8) is 0 Å². The second kappa shape index (κ2) is 24.6. The lowest BCUT2D eigenvalue weighted by Crippen LogP contribution is -2.34. The molecule has 12 nitrogen and oxygen atoms in total. The van der Waals surface area contributed by atoms with Crippen LogP contribution in [0.25, 0.3) is 0 Å². The van der Waals surface area contributed by atoms with Gasteiger partial charge in [-0.25, -0.2) is 0 Å². The minimum Gasteiger partial charge on any atom is -0.487 e. The lowest BCUT2D eigenvalue weighted by Gasteiger charge is -2.32. The molecule has 0 bridgehead atoms. The summed E-state index contributed by atoms with van der Waals surface area (Å²) in [6.07, 6.45) is 3.96. The molecule has 14 heteroatoms. The summed E-state index contributed by atoms with van der Waals surface area (Å²) in [6, 6.07) is 8.11. The molecule has 0 amide bonds. The number of fused-ring (bicyclic) bond motifs is 2. The first kappa shape index (κ1) is 41.4. The Bertz CT molecular complexity index is 1200. The topological polar surface area (TPSA) is 111 Å². The van der Waals surface area contributed by atoms with Gasteiger partial charge in [0.25, 0.3) is 0 Å². The molecule has 2 heterocycles. The van der Waals surface area contributed by atoms with Gasteiger partial charge in [0.2, 0.25) is 0 Å². The summed E-state index contributed by atoms with van der Waals surface area (Å²) in [5, 5.41) is 1.30. The van der Waals surface area contributed by atoms with Gasteiger partial charge in [0, 0.05) is 10.7 Å². The van der Waals surface area contributed by atoms with E-state index in [0.29, 0.717) is 153 Å². The van der Waals surface area contributed by atoms with Crippen molar-refractivity contribution >= 4 is 31.9 Å². The van der Waals surface area contributed by atoms with Gasteiger partial charge >= 0.3 is 0 Å². The number of ether oxygens (including phenoxy) is 12. The number of benzene rings is 2. The molecule has 0 spiro atoms. The summed E-state index contributed by atoms with van der Waals surface area (Å²) in [6.45, 7) is 8.42. The third-order valence-corrected chi connectivity index (χ3v) is 10.0. The predicted octanol–water partition coefficient (Wildman–Crippen LogP) is 6.16. The van der Waals surface area contributed by atoms with E-state index in [9.17, 15) is 0 Å². The number of halogens is 2. The first-order valence-corrected chi connectivity index (χ1v) is 20.6. The van der Waals surface area contributed by atoms with Gasteiger partial charge in [-0.15, -0.1) is 0 Å². The van der Waals surface area contributed by atoms with Crippen molar-refractivity contribution < 1.29 is 56.8 Å². The second-order valence-corrected chi connectivity index (χ2v) is 13.6. The van der Waals surface area contributed by atoms with Gasteiger partial charge in [0.15, 0.2) is 23.0 Å². The molecule has 52 heavy (non-hydrogen) atoms.